The molecular weight excluding hydrogens is 292 g/mol. The molecule has 108 valence electrons. The number of benzene rings is 2. The molecular formula is C17H14N4S. The van der Waals surface area contributed by atoms with Crippen LogP contribution in [0.15, 0.2) is 53.7 Å². The Bertz CT molecular complexity index is 961. The summed E-state index contributed by atoms with van der Waals surface area (Å²) in [6.45, 7) is 2.12. The zero-order chi connectivity index (χ0) is 14.9. The minimum Gasteiger partial charge on any atom is -0.338 e. The van der Waals surface area contributed by atoms with Crippen LogP contribution < -0.4 is 0 Å². The number of nitrogens with zero attached hydrogens (tertiary/aromatic N) is 3. The summed E-state index contributed by atoms with van der Waals surface area (Å²) in [5.41, 5.74) is 5.25. The van der Waals surface area contributed by atoms with Crippen LogP contribution in [0.2, 0.25) is 0 Å². The lowest BCUT2D eigenvalue weighted by Crippen LogP contribution is -1.93. The lowest BCUT2D eigenvalue weighted by atomic mass is 10.1. The second-order valence-corrected chi connectivity index (χ2v) is 6.12. The van der Waals surface area contributed by atoms with Crippen molar-refractivity contribution in [2.24, 2.45) is 0 Å². The molecule has 2 heterocycles. The van der Waals surface area contributed by atoms with Gasteiger partial charge in [-0.05, 0) is 24.1 Å². The van der Waals surface area contributed by atoms with Gasteiger partial charge in [0.05, 0.1) is 0 Å². The maximum atomic E-state index is 4.59. The van der Waals surface area contributed by atoms with Gasteiger partial charge < -0.3 is 4.98 Å². The largest absolute Gasteiger partial charge is 0.338 e. The third-order valence-corrected chi connectivity index (χ3v) is 4.61. The first-order chi connectivity index (χ1) is 10.8. The molecule has 0 aliphatic carbocycles. The van der Waals surface area contributed by atoms with E-state index in [9.17, 15) is 0 Å². The molecule has 0 fully saturated rings. The number of thioether (sulfide) groups is 1. The fourth-order valence-corrected chi connectivity index (χ4v) is 3.34. The zero-order valence-electron chi connectivity index (χ0n) is 12.1. The highest BCUT2D eigenvalue weighted by atomic mass is 32.2. The van der Waals surface area contributed by atoms with E-state index in [0.29, 0.717) is 5.16 Å². The highest BCUT2D eigenvalue weighted by Crippen LogP contribution is 2.25. The average molecular weight is 306 g/mol. The Kier molecular flexibility index (Phi) is 3.27. The van der Waals surface area contributed by atoms with Crippen molar-refractivity contribution in [3.63, 3.8) is 0 Å². The quantitative estimate of drug-likeness (QED) is 0.579. The second-order valence-electron chi connectivity index (χ2n) is 5.18. The van der Waals surface area contributed by atoms with Crippen LogP contribution in [0.4, 0.5) is 0 Å². The van der Waals surface area contributed by atoms with Crippen molar-refractivity contribution in [1.29, 1.82) is 0 Å². The SMILES string of the molecule is Cc1ccccc1CSc1nnc2c(n1)[nH]c1ccccc12. The molecule has 4 rings (SSSR count). The molecule has 0 atom stereocenters. The standard InChI is InChI=1S/C17H14N4S/c1-11-6-2-3-7-12(11)10-22-17-19-16-15(20-21-17)13-8-4-5-9-14(13)18-16/h2-9H,10H2,1H3,(H,18,19,21). The van der Waals surface area contributed by atoms with Gasteiger partial charge in [0.1, 0.15) is 5.52 Å². The second kappa shape index (κ2) is 5.42. The number of aryl methyl sites for hydroxylation is 1. The van der Waals surface area contributed by atoms with E-state index in [-0.39, 0.29) is 0 Å². The molecule has 0 bridgehead atoms. The third-order valence-electron chi connectivity index (χ3n) is 3.72. The Balaban J connectivity index is 1.65. The molecule has 0 amide bonds. The van der Waals surface area contributed by atoms with Gasteiger partial charge in [0.2, 0.25) is 5.16 Å². The molecule has 0 saturated carbocycles. The minimum atomic E-state index is 0.697. The van der Waals surface area contributed by atoms with E-state index < -0.39 is 0 Å². The number of aromatic amines is 1. The van der Waals surface area contributed by atoms with E-state index in [1.807, 2.05) is 24.3 Å². The van der Waals surface area contributed by atoms with Gasteiger partial charge in [-0.15, -0.1) is 10.2 Å². The number of hydrogen-bond acceptors (Lipinski definition) is 4. The molecule has 5 heteroatoms. The summed E-state index contributed by atoms with van der Waals surface area (Å²) in [4.78, 5) is 7.89. The van der Waals surface area contributed by atoms with Gasteiger partial charge in [-0.2, -0.15) is 0 Å². The van der Waals surface area contributed by atoms with Crippen molar-refractivity contribution in [3.05, 3.63) is 59.7 Å². The summed E-state index contributed by atoms with van der Waals surface area (Å²) in [6.07, 6.45) is 0. The Labute approximate surface area is 132 Å². The van der Waals surface area contributed by atoms with Crippen molar-refractivity contribution >= 4 is 33.8 Å². The van der Waals surface area contributed by atoms with Crippen molar-refractivity contribution in [2.75, 3.05) is 0 Å². The highest BCUT2D eigenvalue weighted by molar-refractivity contribution is 7.98. The molecule has 0 aliphatic rings. The fourth-order valence-electron chi connectivity index (χ4n) is 2.48. The Morgan fingerprint density at radius 3 is 2.73 bits per heavy atom. The van der Waals surface area contributed by atoms with Crippen molar-refractivity contribution < 1.29 is 0 Å². The average Bonchev–Trinajstić information content (AvgIpc) is 2.92. The molecule has 0 saturated heterocycles. The summed E-state index contributed by atoms with van der Waals surface area (Å²) >= 11 is 1.61. The van der Waals surface area contributed by atoms with Crippen LogP contribution in [0.3, 0.4) is 0 Å². The number of aromatic nitrogens is 4. The Hall–Kier alpha value is -2.40. The number of nitrogens with one attached hydrogen (secondary N) is 1. The van der Waals surface area contributed by atoms with Gasteiger partial charge in [0.25, 0.3) is 0 Å². The van der Waals surface area contributed by atoms with E-state index in [1.165, 1.54) is 11.1 Å². The number of rotatable bonds is 3. The fraction of sp³-hybridized carbons (Fsp3) is 0.118. The number of para-hydroxylation sites is 1. The zero-order valence-corrected chi connectivity index (χ0v) is 12.9. The van der Waals surface area contributed by atoms with Gasteiger partial charge in [0.15, 0.2) is 5.65 Å². The smallest absolute Gasteiger partial charge is 0.211 e. The third kappa shape index (κ3) is 2.33. The molecule has 4 aromatic rings. The van der Waals surface area contributed by atoms with Gasteiger partial charge in [-0.25, -0.2) is 4.98 Å². The van der Waals surface area contributed by atoms with Gasteiger partial charge >= 0.3 is 0 Å². The number of hydrogen-bond donors (Lipinski definition) is 1. The summed E-state index contributed by atoms with van der Waals surface area (Å²) in [6, 6.07) is 16.4. The van der Waals surface area contributed by atoms with E-state index >= 15 is 0 Å². The topological polar surface area (TPSA) is 54.5 Å². The molecule has 0 spiro atoms. The van der Waals surface area contributed by atoms with E-state index in [4.69, 9.17) is 0 Å². The normalized spacial score (nSPS) is 11.3. The molecule has 0 radical (unpaired) electrons. The van der Waals surface area contributed by atoms with Crippen molar-refractivity contribution in [2.45, 2.75) is 17.8 Å². The van der Waals surface area contributed by atoms with Crippen LogP contribution in [0.25, 0.3) is 22.1 Å². The Morgan fingerprint density at radius 1 is 1.00 bits per heavy atom. The van der Waals surface area contributed by atoms with Crippen LogP contribution in [-0.2, 0) is 5.75 Å². The lowest BCUT2D eigenvalue weighted by molar-refractivity contribution is 0.878. The summed E-state index contributed by atoms with van der Waals surface area (Å²) < 4.78 is 0. The first kappa shape index (κ1) is 13.3. The lowest BCUT2D eigenvalue weighted by Gasteiger charge is -2.03. The molecule has 2 aromatic heterocycles. The van der Waals surface area contributed by atoms with Crippen molar-refractivity contribution in [3.8, 4) is 0 Å². The minimum absolute atomic E-state index is 0.697. The van der Waals surface area contributed by atoms with Gasteiger partial charge in [-0.3, -0.25) is 0 Å². The predicted octanol–water partition coefficient (Wildman–Crippen LogP) is 4.11. The molecule has 4 nitrogen and oxygen atoms in total. The Morgan fingerprint density at radius 2 is 1.82 bits per heavy atom. The maximum absolute atomic E-state index is 4.59. The summed E-state index contributed by atoms with van der Waals surface area (Å²) in [7, 11) is 0. The number of fused-ring (bicyclic) bond motifs is 3. The molecule has 1 N–H and O–H groups in total. The number of H-pyrrole nitrogens is 1. The first-order valence-corrected chi connectivity index (χ1v) is 8.08. The van der Waals surface area contributed by atoms with Gasteiger partial charge in [-0.1, -0.05) is 54.2 Å². The van der Waals surface area contributed by atoms with Crippen LogP contribution in [0, 0.1) is 6.92 Å². The van der Waals surface area contributed by atoms with Crippen LogP contribution in [0.5, 0.6) is 0 Å². The highest BCUT2D eigenvalue weighted by Gasteiger charge is 2.09. The molecule has 2 aromatic carbocycles. The molecule has 0 unspecified atom stereocenters. The first-order valence-electron chi connectivity index (χ1n) is 7.10. The summed E-state index contributed by atoms with van der Waals surface area (Å²) in [5, 5.41) is 10.4. The molecule has 22 heavy (non-hydrogen) atoms. The van der Waals surface area contributed by atoms with Gasteiger partial charge in [0, 0.05) is 16.7 Å². The van der Waals surface area contributed by atoms with Crippen LogP contribution in [-0.4, -0.2) is 20.2 Å². The molecule has 0 aliphatic heterocycles. The van der Waals surface area contributed by atoms with E-state index in [1.54, 1.807) is 11.8 Å². The van der Waals surface area contributed by atoms with Crippen LogP contribution >= 0.6 is 11.8 Å². The predicted molar refractivity (Wildman–Crippen MR) is 89.9 cm³/mol. The van der Waals surface area contributed by atoms with E-state index in [0.717, 1.165) is 27.8 Å². The summed E-state index contributed by atoms with van der Waals surface area (Å²) in [5.74, 6) is 0.847. The monoisotopic (exact) mass is 306 g/mol. The van der Waals surface area contributed by atoms with E-state index in [2.05, 4.69) is 51.4 Å². The van der Waals surface area contributed by atoms with Crippen LogP contribution in [0.1, 0.15) is 11.1 Å². The maximum Gasteiger partial charge on any atom is 0.211 e. The van der Waals surface area contributed by atoms with Crippen molar-refractivity contribution in [1.82, 2.24) is 20.2 Å².